The Hall–Kier alpha value is -0.610. The van der Waals surface area contributed by atoms with E-state index < -0.39 is 0 Å². The predicted molar refractivity (Wildman–Crippen MR) is 69.3 cm³/mol. The molecule has 0 amide bonds. The van der Waals surface area contributed by atoms with Gasteiger partial charge in [0.1, 0.15) is 6.04 Å². The molecule has 2 rings (SSSR count). The molecular weight excluding hydrogens is 230 g/mol. The van der Waals surface area contributed by atoms with Crippen molar-refractivity contribution in [2.45, 2.75) is 57.8 Å². The monoisotopic (exact) mass is 255 g/mol. The van der Waals surface area contributed by atoms with Crippen molar-refractivity contribution in [2.75, 3.05) is 13.7 Å². The molecule has 1 saturated carbocycles. The number of esters is 1. The molecule has 104 valence electrons. The van der Waals surface area contributed by atoms with Crippen LogP contribution in [0.15, 0.2) is 0 Å². The molecule has 4 heteroatoms. The number of likely N-dealkylation sites (N-methyl/N-ethyl adjacent to an activating group) is 1. The van der Waals surface area contributed by atoms with E-state index in [-0.39, 0.29) is 18.1 Å². The van der Waals surface area contributed by atoms with E-state index in [1.54, 1.807) is 0 Å². The Morgan fingerprint density at radius 2 is 2.17 bits per heavy atom. The van der Waals surface area contributed by atoms with Crippen LogP contribution in [0.5, 0.6) is 0 Å². The normalized spacial score (nSPS) is 34.1. The Bertz CT molecular complexity index is 291. The highest BCUT2D eigenvalue weighted by atomic mass is 16.5. The summed E-state index contributed by atoms with van der Waals surface area (Å²) in [5.41, 5.74) is 0. The second kappa shape index (κ2) is 6.02. The van der Waals surface area contributed by atoms with Crippen molar-refractivity contribution in [2.24, 2.45) is 11.8 Å². The molecule has 0 spiro atoms. The summed E-state index contributed by atoms with van der Waals surface area (Å²) in [5, 5.41) is 3.13. The standard InChI is InChI=1S/C14H25NO3/c1-4-17-14(16)13(15-3)11-7-9(2)18-12(8-11)10-5-6-10/h9-13,15H,4-8H2,1-3H3/t9-,11-,12+,13-/m0/s1. The molecule has 18 heavy (non-hydrogen) atoms. The van der Waals surface area contributed by atoms with Gasteiger partial charge in [0, 0.05) is 0 Å². The summed E-state index contributed by atoms with van der Waals surface area (Å²) in [6.45, 7) is 4.41. The summed E-state index contributed by atoms with van der Waals surface area (Å²) in [5.74, 6) is 0.951. The van der Waals surface area contributed by atoms with Crippen molar-refractivity contribution in [1.29, 1.82) is 0 Å². The number of carbonyl (C=O) groups excluding carboxylic acids is 1. The van der Waals surface area contributed by atoms with Gasteiger partial charge >= 0.3 is 5.97 Å². The third-order valence-electron chi connectivity index (χ3n) is 4.05. The molecule has 1 aliphatic carbocycles. The molecule has 0 unspecified atom stereocenters. The van der Waals surface area contributed by atoms with Gasteiger partial charge < -0.3 is 14.8 Å². The molecule has 0 aromatic heterocycles. The molecule has 4 atom stereocenters. The van der Waals surface area contributed by atoms with Gasteiger partial charge in [-0.15, -0.1) is 0 Å². The zero-order valence-electron chi connectivity index (χ0n) is 11.6. The molecule has 1 N–H and O–H groups in total. The van der Waals surface area contributed by atoms with E-state index in [0.717, 1.165) is 18.8 Å². The average Bonchev–Trinajstić information content (AvgIpc) is 3.13. The fourth-order valence-electron chi connectivity index (χ4n) is 3.05. The van der Waals surface area contributed by atoms with Crippen LogP contribution in [-0.4, -0.2) is 37.9 Å². The number of ether oxygens (including phenoxy) is 2. The lowest BCUT2D eigenvalue weighted by molar-refractivity contribution is -0.150. The van der Waals surface area contributed by atoms with E-state index in [4.69, 9.17) is 9.47 Å². The van der Waals surface area contributed by atoms with Crippen molar-refractivity contribution in [3.63, 3.8) is 0 Å². The Morgan fingerprint density at radius 1 is 1.44 bits per heavy atom. The summed E-state index contributed by atoms with van der Waals surface area (Å²) in [7, 11) is 1.84. The summed E-state index contributed by atoms with van der Waals surface area (Å²) in [6, 6.07) is -0.183. The van der Waals surface area contributed by atoms with E-state index >= 15 is 0 Å². The molecule has 4 nitrogen and oxygen atoms in total. The average molecular weight is 255 g/mol. The topological polar surface area (TPSA) is 47.6 Å². The van der Waals surface area contributed by atoms with Gasteiger partial charge in [-0.05, 0) is 58.4 Å². The molecule has 2 fully saturated rings. The first kappa shape index (κ1) is 13.8. The highest BCUT2D eigenvalue weighted by Crippen LogP contribution is 2.41. The van der Waals surface area contributed by atoms with E-state index in [1.165, 1.54) is 12.8 Å². The second-order valence-electron chi connectivity index (χ2n) is 5.57. The van der Waals surface area contributed by atoms with Crippen molar-refractivity contribution in [3.8, 4) is 0 Å². The molecule has 1 saturated heterocycles. The molecule has 0 aromatic rings. The smallest absolute Gasteiger partial charge is 0.323 e. The van der Waals surface area contributed by atoms with Crippen LogP contribution in [0.3, 0.4) is 0 Å². The van der Waals surface area contributed by atoms with Gasteiger partial charge in [0.15, 0.2) is 0 Å². The van der Waals surface area contributed by atoms with Crippen LogP contribution < -0.4 is 5.32 Å². The summed E-state index contributed by atoms with van der Waals surface area (Å²) >= 11 is 0. The van der Waals surface area contributed by atoms with Gasteiger partial charge in [-0.2, -0.15) is 0 Å². The van der Waals surface area contributed by atoms with Gasteiger partial charge in [0.2, 0.25) is 0 Å². The van der Waals surface area contributed by atoms with Gasteiger partial charge in [-0.25, -0.2) is 0 Å². The first-order valence-corrected chi connectivity index (χ1v) is 7.15. The van der Waals surface area contributed by atoms with Crippen LogP contribution in [0.25, 0.3) is 0 Å². The largest absolute Gasteiger partial charge is 0.465 e. The lowest BCUT2D eigenvalue weighted by atomic mass is 9.84. The zero-order chi connectivity index (χ0) is 13.1. The number of rotatable bonds is 5. The van der Waals surface area contributed by atoms with Crippen LogP contribution in [0.2, 0.25) is 0 Å². The lowest BCUT2D eigenvalue weighted by Gasteiger charge is -2.37. The summed E-state index contributed by atoms with van der Waals surface area (Å²) < 4.78 is 11.1. The van der Waals surface area contributed by atoms with Crippen molar-refractivity contribution >= 4 is 5.97 Å². The molecule has 1 aliphatic heterocycles. The van der Waals surface area contributed by atoms with Crippen LogP contribution in [0.1, 0.15) is 39.5 Å². The van der Waals surface area contributed by atoms with Gasteiger partial charge in [-0.3, -0.25) is 4.79 Å². The van der Waals surface area contributed by atoms with E-state index in [0.29, 0.717) is 18.6 Å². The van der Waals surface area contributed by atoms with Gasteiger partial charge in [0.25, 0.3) is 0 Å². The minimum atomic E-state index is -0.183. The Morgan fingerprint density at radius 3 is 2.72 bits per heavy atom. The number of carbonyl (C=O) groups is 1. The van der Waals surface area contributed by atoms with Crippen LogP contribution in [0.4, 0.5) is 0 Å². The third-order valence-corrected chi connectivity index (χ3v) is 4.05. The molecule has 1 heterocycles. The van der Waals surface area contributed by atoms with Crippen molar-refractivity contribution < 1.29 is 14.3 Å². The van der Waals surface area contributed by atoms with Crippen LogP contribution in [-0.2, 0) is 14.3 Å². The van der Waals surface area contributed by atoms with E-state index in [2.05, 4.69) is 12.2 Å². The highest BCUT2D eigenvalue weighted by Gasteiger charge is 2.41. The molecule has 0 radical (unpaired) electrons. The number of hydrogen-bond donors (Lipinski definition) is 1. The Kier molecular flexibility index (Phi) is 4.62. The fourth-order valence-corrected chi connectivity index (χ4v) is 3.05. The first-order valence-electron chi connectivity index (χ1n) is 7.15. The minimum Gasteiger partial charge on any atom is -0.465 e. The quantitative estimate of drug-likeness (QED) is 0.760. The maximum Gasteiger partial charge on any atom is 0.323 e. The van der Waals surface area contributed by atoms with E-state index in [9.17, 15) is 4.79 Å². The first-order chi connectivity index (χ1) is 8.65. The van der Waals surface area contributed by atoms with Gasteiger partial charge in [0.05, 0.1) is 18.8 Å². The number of hydrogen-bond acceptors (Lipinski definition) is 4. The fraction of sp³-hybridized carbons (Fsp3) is 0.929. The molecule has 0 bridgehead atoms. The van der Waals surface area contributed by atoms with Crippen LogP contribution in [0, 0.1) is 11.8 Å². The third kappa shape index (κ3) is 3.23. The maximum absolute atomic E-state index is 11.9. The van der Waals surface area contributed by atoms with Crippen molar-refractivity contribution in [1.82, 2.24) is 5.32 Å². The zero-order valence-corrected chi connectivity index (χ0v) is 11.6. The summed E-state index contributed by atoms with van der Waals surface area (Å²) in [4.78, 5) is 11.9. The SMILES string of the molecule is CCOC(=O)[C@@H](NC)[C@H]1C[C@H](C)O[C@@H](C2CC2)C1. The minimum absolute atomic E-state index is 0.117. The number of nitrogens with one attached hydrogen (secondary N) is 1. The lowest BCUT2D eigenvalue weighted by Crippen LogP contribution is -2.47. The van der Waals surface area contributed by atoms with Crippen LogP contribution >= 0.6 is 0 Å². The van der Waals surface area contributed by atoms with Gasteiger partial charge in [-0.1, -0.05) is 0 Å². The van der Waals surface area contributed by atoms with E-state index in [1.807, 2.05) is 14.0 Å². The maximum atomic E-state index is 11.9. The summed E-state index contributed by atoms with van der Waals surface area (Å²) in [6.07, 6.45) is 5.09. The molecular formula is C14H25NO3. The predicted octanol–water partition coefficient (Wildman–Crippen LogP) is 1.73. The molecule has 2 aliphatic rings. The highest BCUT2D eigenvalue weighted by molar-refractivity contribution is 5.76. The second-order valence-corrected chi connectivity index (χ2v) is 5.57. The van der Waals surface area contributed by atoms with Crippen molar-refractivity contribution in [3.05, 3.63) is 0 Å². The Balaban J connectivity index is 1.97. The molecule has 0 aromatic carbocycles. The Labute approximate surface area is 109 Å².